The molecule has 122 valence electrons. The van der Waals surface area contributed by atoms with Crippen LogP contribution in [0.1, 0.15) is 17.7 Å². The van der Waals surface area contributed by atoms with E-state index >= 15 is 0 Å². The summed E-state index contributed by atoms with van der Waals surface area (Å²) in [5.74, 6) is 1.63. The van der Waals surface area contributed by atoms with Crippen LogP contribution < -0.4 is 10.2 Å². The smallest absolute Gasteiger partial charge is 0.226 e. The molecule has 0 aliphatic carbocycles. The van der Waals surface area contributed by atoms with Gasteiger partial charge in [0.2, 0.25) is 5.95 Å². The number of pyridine rings is 1. The van der Waals surface area contributed by atoms with Gasteiger partial charge in [-0.1, -0.05) is 6.07 Å². The van der Waals surface area contributed by atoms with Crippen LogP contribution in [0.25, 0.3) is 0 Å². The van der Waals surface area contributed by atoms with Crippen molar-refractivity contribution in [2.24, 2.45) is 0 Å². The molecule has 2 aromatic heterocycles. The largest absolute Gasteiger partial charge is 0.366 e. The molecular weight excluding hydrogens is 288 g/mol. The van der Waals surface area contributed by atoms with Crippen molar-refractivity contribution in [1.29, 1.82) is 0 Å². The zero-order valence-electron chi connectivity index (χ0n) is 14.0. The Bertz CT molecular complexity index is 657. The van der Waals surface area contributed by atoms with Gasteiger partial charge in [-0.2, -0.15) is 4.98 Å². The molecule has 1 unspecified atom stereocenters. The number of hydrogen-bond donors (Lipinski definition) is 1. The molecule has 1 aliphatic rings. The Kier molecular flexibility index (Phi) is 4.71. The molecule has 0 amide bonds. The second-order valence-corrected chi connectivity index (χ2v) is 6.25. The second-order valence-electron chi connectivity index (χ2n) is 6.25. The minimum absolute atomic E-state index is 0.428. The van der Waals surface area contributed by atoms with Gasteiger partial charge < -0.3 is 10.2 Å². The molecule has 1 fully saturated rings. The van der Waals surface area contributed by atoms with E-state index in [2.05, 4.69) is 38.2 Å². The first kappa shape index (κ1) is 15.7. The molecule has 1 N–H and O–H groups in total. The fourth-order valence-corrected chi connectivity index (χ4v) is 2.87. The van der Waals surface area contributed by atoms with Crippen LogP contribution in [0.5, 0.6) is 0 Å². The van der Waals surface area contributed by atoms with E-state index in [0.29, 0.717) is 6.04 Å². The molecule has 3 heterocycles. The number of anilines is 2. The van der Waals surface area contributed by atoms with Crippen molar-refractivity contribution >= 4 is 11.8 Å². The highest BCUT2D eigenvalue weighted by atomic mass is 15.2. The fraction of sp³-hybridized carbons (Fsp3) is 0.471. The standard InChI is InChI=1S/C17H24N6/c1-13-14(5-4-8-18-13)11-23-10-7-15(12-23)20-16-6-9-19-17(21-16)22(2)3/h4-6,8-9,15H,7,10-12H2,1-3H3,(H,19,20,21). The van der Waals surface area contributed by atoms with E-state index in [4.69, 9.17) is 0 Å². The molecule has 1 saturated heterocycles. The summed E-state index contributed by atoms with van der Waals surface area (Å²) in [4.78, 5) is 17.5. The highest BCUT2D eigenvalue weighted by Gasteiger charge is 2.23. The Balaban J connectivity index is 1.58. The number of rotatable bonds is 5. The van der Waals surface area contributed by atoms with Crippen LogP contribution >= 0.6 is 0 Å². The Morgan fingerprint density at radius 2 is 2.13 bits per heavy atom. The lowest BCUT2D eigenvalue weighted by Gasteiger charge is -2.18. The van der Waals surface area contributed by atoms with Gasteiger partial charge in [0.15, 0.2) is 0 Å². The highest BCUT2D eigenvalue weighted by Crippen LogP contribution is 2.18. The molecule has 1 atom stereocenters. The third-order valence-electron chi connectivity index (χ3n) is 4.18. The first-order valence-corrected chi connectivity index (χ1v) is 8.01. The van der Waals surface area contributed by atoms with Gasteiger partial charge in [0.1, 0.15) is 5.82 Å². The van der Waals surface area contributed by atoms with Crippen LogP contribution in [0, 0.1) is 6.92 Å². The lowest BCUT2D eigenvalue weighted by molar-refractivity contribution is 0.327. The number of nitrogens with zero attached hydrogens (tertiary/aromatic N) is 5. The summed E-state index contributed by atoms with van der Waals surface area (Å²) in [6.07, 6.45) is 4.78. The number of aryl methyl sites for hydroxylation is 1. The van der Waals surface area contributed by atoms with Crippen molar-refractivity contribution in [2.75, 3.05) is 37.4 Å². The van der Waals surface area contributed by atoms with Gasteiger partial charge in [-0.25, -0.2) is 4.98 Å². The lowest BCUT2D eigenvalue weighted by atomic mass is 10.2. The van der Waals surface area contributed by atoms with Crippen LogP contribution in [0.4, 0.5) is 11.8 Å². The Morgan fingerprint density at radius 1 is 1.26 bits per heavy atom. The number of hydrogen-bond acceptors (Lipinski definition) is 6. The molecule has 0 saturated carbocycles. The van der Waals surface area contributed by atoms with Crippen molar-refractivity contribution in [3.63, 3.8) is 0 Å². The molecule has 6 heteroatoms. The molecule has 23 heavy (non-hydrogen) atoms. The van der Waals surface area contributed by atoms with Crippen molar-refractivity contribution in [3.05, 3.63) is 41.9 Å². The minimum Gasteiger partial charge on any atom is -0.366 e. The highest BCUT2D eigenvalue weighted by molar-refractivity contribution is 5.41. The van der Waals surface area contributed by atoms with Crippen LogP contribution in [0.15, 0.2) is 30.6 Å². The number of likely N-dealkylation sites (tertiary alicyclic amines) is 1. The van der Waals surface area contributed by atoms with Gasteiger partial charge in [-0.15, -0.1) is 0 Å². The van der Waals surface area contributed by atoms with Crippen LogP contribution in [0.2, 0.25) is 0 Å². The normalized spacial score (nSPS) is 18.1. The van der Waals surface area contributed by atoms with Gasteiger partial charge in [0, 0.05) is 57.9 Å². The van der Waals surface area contributed by atoms with E-state index < -0.39 is 0 Å². The Hall–Kier alpha value is -2.21. The van der Waals surface area contributed by atoms with Gasteiger partial charge in [-0.3, -0.25) is 9.88 Å². The molecule has 0 aromatic carbocycles. The van der Waals surface area contributed by atoms with E-state index in [0.717, 1.165) is 43.5 Å². The minimum atomic E-state index is 0.428. The van der Waals surface area contributed by atoms with Crippen LogP contribution in [0.3, 0.4) is 0 Å². The third-order valence-corrected chi connectivity index (χ3v) is 4.18. The summed E-state index contributed by atoms with van der Waals surface area (Å²) in [5.41, 5.74) is 2.43. The van der Waals surface area contributed by atoms with E-state index in [9.17, 15) is 0 Å². The summed E-state index contributed by atoms with van der Waals surface area (Å²) in [7, 11) is 3.90. The predicted molar refractivity (Wildman–Crippen MR) is 92.6 cm³/mol. The van der Waals surface area contributed by atoms with Crippen molar-refractivity contribution in [2.45, 2.75) is 25.9 Å². The molecule has 2 aromatic rings. The first-order chi connectivity index (χ1) is 11.1. The summed E-state index contributed by atoms with van der Waals surface area (Å²) in [6.45, 7) is 5.16. The molecular formula is C17H24N6. The Labute approximate surface area is 137 Å². The quantitative estimate of drug-likeness (QED) is 0.910. The maximum atomic E-state index is 4.53. The van der Waals surface area contributed by atoms with Crippen molar-refractivity contribution < 1.29 is 0 Å². The summed E-state index contributed by atoms with van der Waals surface area (Å²) >= 11 is 0. The number of aromatic nitrogens is 3. The lowest BCUT2D eigenvalue weighted by Crippen LogP contribution is -2.27. The molecule has 0 radical (unpaired) electrons. The van der Waals surface area contributed by atoms with Crippen molar-refractivity contribution in [1.82, 2.24) is 19.9 Å². The molecule has 6 nitrogen and oxygen atoms in total. The summed E-state index contributed by atoms with van der Waals surface area (Å²) in [6, 6.07) is 6.53. The first-order valence-electron chi connectivity index (χ1n) is 8.01. The summed E-state index contributed by atoms with van der Waals surface area (Å²) in [5, 5.41) is 3.53. The summed E-state index contributed by atoms with van der Waals surface area (Å²) < 4.78 is 0. The second kappa shape index (κ2) is 6.91. The predicted octanol–water partition coefficient (Wildman–Crippen LogP) is 1.93. The van der Waals surface area contributed by atoms with Gasteiger partial charge in [-0.05, 0) is 31.0 Å². The monoisotopic (exact) mass is 312 g/mol. The van der Waals surface area contributed by atoms with E-state index in [1.54, 1.807) is 6.20 Å². The van der Waals surface area contributed by atoms with Gasteiger partial charge in [0.05, 0.1) is 0 Å². The van der Waals surface area contributed by atoms with E-state index in [-0.39, 0.29) is 0 Å². The SMILES string of the molecule is Cc1ncccc1CN1CCC(Nc2ccnc(N(C)C)n2)C1. The third kappa shape index (κ3) is 3.96. The van der Waals surface area contributed by atoms with Gasteiger partial charge >= 0.3 is 0 Å². The van der Waals surface area contributed by atoms with Gasteiger partial charge in [0.25, 0.3) is 0 Å². The maximum Gasteiger partial charge on any atom is 0.226 e. The average molecular weight is 312 g/mol. The van der Waals surface area contributed by atoms with Crippen molar-refractivity contribution in [3.8, 4) is 0 Å². The zero-order chi connectivity index (χ0) is 16.2. The fourth-order valence-electron chi connectivity index (χ4n) is 2.87. The molecule has 0 spiro atoms. The maximum absolute atomic E-state index is 4.53. The van der Waals surface area contributed by atoms with Crippen LogP contribution in [-0.2, 0) is 6.54 Å². The topological polar surface area (TPSA) is 57.2 Å². The molecule has 0 bridgehead atoms. The van der Waals surface area contributed by atoms with Crippen LogP contribution in [-0.4, -0.2) is 53.1 Å². The average Bonchev–Trinajstić information content (AvgIpc) is 2.97. The van der Waals surface area contributed by atoms with E-state index in [1.807, 2.05) is 37.3 Å². The Morgan fingerprint density at radius 3 is 2.91 bits per heavy atom. The molecule has 3 rings (SSSR count). The van der Waals surface area contributed by atoms with E-state index in [1.165, 1.54) is 5.56 Å². The molecule has 1 aliphatic heterocycles. The zero-order valence-corrected chi connectivity index (χ0v) is 14.0. The number of nitrogens with one attached hydrogen (secondary N) is 1.